The lowest BCUT2D eigenvalue weighted by Gasteiger charge is -2.19. The van der Waals surface area contributed by atoms with Crippen molar-refractivity contribution in [2.24, 2.45) is 0 Å². The molecule has 0 aliphatic rings. The Morgan fingerprint density at radius 2 is 0.429 bits per heavy atom. The first-order valence-corrected chi connectivity index (χ1v) is 24.3. The van der Waals surface area contributed by atoms with Gasteiger partial charge in [-0.25, -0.2) is 0 Å². The van der Waals surface area contributed by atoms with Crippen molar-refractivity contribution in [1.29, 1.82) is 0 Å². The molecule has 0 unspecified atom stereocenters. The van der Waals surface area contributed by atoms with Gasteiger partial charge in [-0.3, -0.25) is 0 Å². The molecule has 0 N–H and O–H groups in total. The molecule has 324 valence electrons. The van der Waals surface area contributed by atoms with E-state index < -0.39 is 0 Å². The molecule has 14 aromatic rings. The largest absolute Gasteiger partial charge is 0.0616 e. The molecule has 0 nitrogen and oxygen atoms in total. The van der Waals surface area contributed by atoms with Crippen molar-refractivity contribution in [1.82, 2.24) is 0 Å². The van der Waals surface area contributed by atoms with Crippen molar-refractivity contribution in [3.63, 3.8) is 0 Å². The monoisotopic (exact) mass is 884 g/mol. The van der Waals surface area contributed by atoms with Crippen LogP contribution in [-0.4, -0.2) is 0 Å². The van der Waals surface area contributed by atoms with Crippen molar-refractivity contribution in [2.75, 3.05) is 0 Å². The van der Waals surface area contributed by atoms with Crippen LogP contribution in [0.25, 0.3) is 142 Å². The maximum Gasteiger partial charge on any atom is -0.00201 e. The standard InChI is InChI=1S/C70H44/c1-3-25-55-46(17-1)19-15-35-57(55)69-63-31-9-5-27-59(63)67(60-28-6-10-32-64(60)69)52-23-13-21-48(41-52)50-39-37-45-38-40-51(44-54(45)43-50)49-22-14-24-53(42-49)68-61-29-7-11-33-65(61)70(66-34-12-8-30-62(66)68)58-36-16-20-47-18-2-4-26-56(47)58/h1-44H. The van der Waals surface area contributed by atoms with Crippen molar-refractivity contribution in [2.45, 2.75) is 0 Å². The van der Waals surface area contributed by atoms with E-state index in [2.05, 4.69) is 267 Å². The van der Waals surface area contributed by atoms with Crippen molar-refractivity contribution < 1.29 is 0 Å². The highest BCUT2D eigenvalue weighted by Crippen LogP contribution is 2.48. The number of rotatable bonds is 6. The van der Waals surface area contributed by atoms with Crippen molar-refractivity contribution >= 4 is 75.4 Å². The lowest BCUT2D eigenvalue weighted by molar-refractivity contribution is 1.61. The Kier molecular flexibility index (Phi) is 9.32. The number of hydrogen-bond acceptors (Lipinski definition) is 0. The second-order valence-corrected chi connectivity index (χ2v) is 18.7. The average molecular weight is 885 g/mol. The summed E-state index contributed by atoms with van der Waals surface area (Å²) in [6, 6.07) is 98.9. The van der Waals surface area contributed by atoms with Gasteiger partial charge in [-0.05, 0) is 166 Å². The fourth-order valence-electron chi connectivity index (χ4n) is 11.7. The van der Waals surface area contributed by atoms with Gasteiger partial charge in [0.25, 0.3) is 0 Å². The second kappa shape index (κ2) is 16.3. The molecule has 0 aliphatic heterocycles. The van der Waals surface area contributed by atoms with E-state index >= 15 is 0 Å². The Bertz CT molecular complexity index is 4010. The van der Waals surface area contributed by atoms with Gasteiger partial charge < -0.3 is 0 Å². The van der Waals surface area contributed by atoms with Crippen LogP contribution in [0.5, 0.6) is 0 Å². The average Bonchev–Trinajstić information content (AvgIpc) is 3.43. The minimum atomic E-state index is 1.20. The number of hydrogen-bond donors (Lipinski definition) is 0. The molecule has 0 amide bonds. The summed E-state index contributed by atoms with van der Waals surface area (Å²) in [6.45, 7) is 0. The molecular weight excluding hydrogens is 841 g/mol. The van der Waals surface area contributed by atoms with Crippen LogP contribution in [0, 0.1) is 0 Å². The molecule has 0 spiro atoms. The van der Waals surface area contributed by atoms with Gasteiger partial charge in [0.1, 0.15) is 0 Å². The normalized spacial score (nSPS) is 11.7. The van der Waals surface area contributed by atoms with Gasteiger partial charge >= 0.3 is 0 Å². The minimum Gasteiger partial charge on any atom is -0.0616 e. The number of fused-ring (bicyclic) bond motifs is 7. The number of benzene rings is 14. The predicted octanol–water partition coefficient (Wildman–Crippen LogP) is 19.8. The summed E-state index contributed by atoms with van der Waals surface area (Å²) in [6.07, 6.45) is 0. The summed E-state index contributed by atoms with van der Waals surface area (Å²) < 4.78 is 0. The Morgan fingerprint density at radius 3 is 0.814 bits per heavy atom. The quantitative estimate of drug-likeness (QED) is 0.146. The fraction of sp³-hybridized carbons (Fsp3) is 0. The van der Waals surface area contributed by atoms with E-state index in [1.165, 1.54) is 142 Å². The summed E-state index contributed by atoms with van der Waals surface area (Å²) in [7, 11) is 0. The van der Waals surface area contributed by atoms with Crippen LogP contribution >= 0.6 is 0 Å². The third kappa shape index (κ3) is 6.45. The highest BCUT2D eigenvalue weighted by atomic mass is 14.2. The molecular formula is C70H44. The zero-order valence-corrected chi connectivity index (χ0v) is 38.4. The van der Waals surface area contributed by atoms with Crippen molar-refractivity contribution in [3.05, 3.63) is 267 Å². The Balaban J connectivity index is 0.874. The highest BCUT2D eigenvalue weighted by molar-refractivity contribution is 6.25. The predicted molar refractivity (Wildman–Crippen MR) is 302 cm³/mol. The summed E-state index contributed by atoms with van der Waals surface area (Å²) in [4.78, 5) is 0. The van der Waals surface area contributed by atoms with E-state index in [1.807, 2.05) is 0 Å². The topological polar surface area (TPSA) is 0 Å². The van der Waals surface area contributed by atoms with E-state index in [9.17, 15) is 0 Å². The third-order valence-corrected chi connectivity index (χ3v) is 14.8. The first-order chi connectivity index (χ1) is 34.7. The molecule has 0 heteroatoms. The summed E-state index contributed by atoms with van der Waals surface area (Å²) >= 11 is 0. The molecule has 0 bridgehead atoms. The van der Waals surface area contributed by atoms with E-state index in [4.69, 9.17) is 0 Å². The summed E-state index contributed by atoms with van der Waals surface area (Å²) in [5.74, 6) is 0. The lowest BCUT2D eigenvalue weighted by Crippen LogP contribution is -1.92. The van der Waals surface area contributed by atoms with Crippen LogP contribution in [0.1, 0.15) is 0 Å². The molecule has 0 heterocycles. The first kappa shape index (κ1) is 40.0. The SMILES string of the molecule is c1cc(-c2ccc3ccc(-c4cccc(-c5c6ccccc6c(-c6cccc7ccccc67)c6ccccc56)c4)cc3c2)cc(-c2c3ccccc3c(-c3cccc4ccccc34)c3ccccc23)c1. The molecule has 0 aliphatic carbocycles. The molecule has 0 saturated carbocycles. The van der Waals surface area contributed by atoms with Crippen LogP contribution in [0.3, 0.4) is 0 Å². The Hall–Kier alpha value is -9.10. The smallest absolute Gasteiger partial charge is 0.00201 e. The van der Waals surface area contributed by atoms with Gasteiger partial charge in [-0.2, -0.15) is 0 Å². The van der Waals surface area contributed by atoms with Crippen molar-refractivity contribution in [3.8, 4) is 66.8 Å². The third-order valence-electron chi connectivity index (χ3n) is 14.8. The van der Waals surface area contributed by atoms with E-state index in [-0.39, 0.29) is 0 Å². The fourth-order valence-corrected chi connectivity index (χ4v) is 11.7. The van der Waals surface area contributed by atoms with Crippen LogP contribution in [0.2, 0.25) is 0 Å². The molecule has 14 rings (SSSR count). The van der Waals surface area contributed by atoms with E-state index in [0.717, 1.165) is 0 Å². The lowest BCUT2D eigenvalue weighted by atomic mass is 9.84. The molecule has 0 fully saturated rings. The minimum absolute atomic E-state index is 1.20. The second-order valence-electron chi connectivity index (χ2n) is 18.7. The van der Waals surface area contributed by atoms with Gasteiger partial charge in [0.15, 0.2) is 0 Å². The Labute approximate surface area is 407 Å². The van der Waals surface area contributed by atoms with Gasteiger partial charge in [0, 0.05) is 0 Å². The molecule has 0 atom stereocenters. The zero-order chi connectivity index (χ0) is 46.1. The molecule has 0 aromatic heterocycles. The van der Waals surface area contributed by atoms with Crippen LogP contribution in [0.15, 0.2) is 267 Å². The highest BCUT2D eigenvalue weighted by Gasteiger charge is 2.20. The Morgan fingerprint density at radius 1 is 0.143 bits per heavy atom. The maximum atomic E-state index is 2.39. The summed E-state index contributed by atoms with van der Waals surface area (Å²) in [5.41, 5.74) is 14.9. The molecule has 14 aromatic carbocycles. The van der Waals surface area contributed by atoms with Gasteiger partial charge in [0.05, 0.1) is 0 Å². The van der Waals surface area contributed by atoms with E-state index in [1.54, 1.807) is 0 Å². The van der Waals surface area contributed by atoms with E-state index in [0.29, 0.717) is 0 Å². The molecule has 0 saturated heterocycles. The summed E-state index contributed by atoms with van der Waals surface area (Å²) in [5, 5.41) is 17.6. The first-order valence-electron chi connectivity index (χ1n) is 24.3. The van der Waals surface area contributed by atoms with Gasteiger partial charge in [-0.15, -0.1) is 0 Å². The maximum absolute atomic E-state index is 2.39. The van der Waals surface area contributed by atoms with Gasteiger partial charge in [-0.1, -0.05) is 243 Å². The zero-order valence-electron chi connectivity index (χ0n) is 38.4. The van der Waals surface area contributed by atoms with Gasteiger partial charge in [0.2, 0.25) is 0 Å². The van der Waals surface area contributed by atoms with Crippen LogP contribution in [0.4, 0.5) is 0 Å². The molecule has 70 heavy (non-hydrogen) atoms. The van der Waals surface area contributed by atoms with Crippen LogP contribution < -0.4 is 0 Å². The van der Waals surface area contributed by atoms with Crippen LogP contribution in [-0.2, 0) is 0 Å². The molecule has 0 radical (unpaired) electrons.